The zero-order chi connectivity index (χ0) is 11.5. The van der Waals surface area contributed by atoms with Crippen molar-refractivity contribution in [2.24, 2.45) is 5.41 Å². The van der Waals surface area contributed by atoms with Gasteiger partial charge in [0.2, 0.25) is 5.91 Å². The Morgan fingerprint density at radius 2 is 1.80 bits per heavy atom. The van der Waals surface area contributed by atoms with Crippen LogP contribution in [0.1, 0.15) is 33.3 Å². The van der Waals surface area contributed by atoms with Crippen LogP contribution in [0.15, 0.2) is 24.3 Å². The van der Waals surface area contributed by atoms with Crippen molar-refractivity contribution in [2.75, 3.05) is 5.32 Å². The van der Waals surface area contributed by atoms with E-state index in [0.717, 1.165) is 12.1 Å². The lowest BCUT2D eigenvalue weighted by molar-refractivity contribution is -0.124. The lowest BCUT2D eigenvalue weighted by atomic mass is 9.81. The Labute approximate surface area is 91.7 Å². The zero-order valence-corrected chi connectivity index (χ0v) is 9.92. The third-order valence-electron chi connectivity index (χ3n) is 2.51. The quantitative estimate of drug-likeness (QED) is 0.692. The molecule has 0 spiro atoms. The van der Waals surface area contributed by atoms with Crippen molar-refractivity contribution in [3.8, 4) is 0 Å². The van der Waals surface area contributed by atoms with Crippen LogP contribution in [-0.4, -0.2) is 5.91 Å². The van der Waals surface area contributed by atoms with Crippen LogP contribution in [0.5, 0.6) is 0 Å². The van der Waals surface area contributed by atoms with E-state index in [2.05, 4.69) is 11.4 Å². The lowest BCUT2D eigenvalue weighted by Gasteiger charge is -2.30. The van der Waals surface area contributed by atoms with E-state index >= 15 is 0 Å². The Hall–Kier alpha value is -1.31. The van der Waals surface area contributed by atoms with Gasteiger partial charge in [0.05, 0.1) is 0 Å². The predicted octanol–water partition coefficient (Wildman–Crippen LogP) is 3.23. The maximum Gasteiger partial charge on any atom is 0.230 e. The summed E-state index contributed by atoms with van der Waals surface area (Å²) in [6, 6.07) is 7.96. The Morgan fingerprint density at radius 3 is 2.47 bits per heavy atom. The van der Waals surface area contributed by atoms with E-state index in [1.165, 1.54) is 5.56 Å². The summed E-state index contributed by atoms with van der Waals surface area (Å²) in [6.07, 6.45) is 0.828. The first kappa shape index (κ1) is 11.8. The van der Waals surface area contributed by atoms with Gasteiger partial charge in [0.15, 0.2) is 0 Å². The van der Waals surface area contributed by atoms with Crippen LogP contribution in [-0.2, 0) is 11.2 Å². The molecule has 15 heavy (non-hydrogen) atoms. The molecule has 82 valence electrons. The fourth-order valence-electron chi connectivity index (χ4n) is 1.64. The van der Waals surface area contributed by atoms with Gasteiger partial charge in [0.1, 0.15) is 0 Å². The molecule has 0 radical (unpaired) electrons. The maximum atomic E-state index is 11.6. The highest BCUT2D eigenvalue weighted by Crippen LogP contribution is 2.32. The third-order valence-corrected chi connectivity index (χ3v) is 2.51. The van der Waals surface area contributed by atoms with Gasteiger partial charge in [-0.05, 0) is 18.1 Å². The molecule has 0 saturated carbocycles. The topological polar surface area (TPSA) is 29.1 Å². The summed E-state index contributed by atoms with van der Waals surface area (Å²) < 4.78 is 0. The number of anilines is 1. The molecule has 0 bridgehead atoms. The second-order valence-corrected chi connectivity index (χ2v) is 4.17. The average Bonchev–Trinajstić information content (AvgIpc) is 2.22. The van der Waals surface area contributed by atoms with Crippen molar-refractivity contribution in [3.63, 3.8) is 0 Å². The molecular weight excluding hydrogens is 186 g/mol. The molecule has 0 fully saturated rings. The number of hydrogen-bond acceptors (Lipinski definition) is 1. The highest BCUT2D eigenvalue weighted by Gasteiger charge is 2.32. The van der Waals surface area contributed by atoms with Crippen LogP contribution in [0.25, 0.3) is 0 Å². The molecule has 1 aliphatic heterocycles. The highest BCUT2D eigenvalue weighted by atomic mass is 16.2. The van der Waals surface area contributed by atoms with Crippen molar-refractivity contribution in [1.82, 2.24) is 0 Å². The normalized spacial score (nSPS) is 16.9. The van der Waals surface area contributed by atoms with Crippen molar-refractivity contribution in [3.05, 3.63) is 29.8 Å². The summed E-state index contributed by atoms with van der Waals surface area (Å²) in [5.41, 5.74) is 1.92. The van der Waals surface area contributed by atoms with E-state index in [9.17, 15) is 4.79 Å². The van der Waals surface area contributed by atoms with Gasteiger partial charge in [0.25, 0.3) is 0 Å². The van der Waals surface area contributed by atoms with E-state index in [0.29, 0.717) is 0 Å². The highest BCUT2D eigenvalue weighted by molar-refractivity contribution is 5.97. The second-order valence-electron chi connectivity index (χ2n) is 4.17. The molecule has 0 aromatic heterocycles. The van der Waals surface area contributed by atoms with Gasteiger partial charge in [-0.25, -0.2) is 0 Å². The SMILES string of the molecule is CC.CC1(C)Cc2ccccc2NC1=O. The fourth-order valence-corrected chi connectivity index (χ4v) is 1.64. The third kappa shape index (κ3) is 2.38. The van der Waals surface area contributed by atoms with Crippen LogP contribution < -0.4 is 5.32 Å². The van der Waals surface area contributed by atoms with Crippen LogP contribution >= 0.6 is 0 Å². The summed E-state index contributed by atoms with van der Waals surface area (Å²) in [7, 11) is 0. The van der Waals surface area contributed by atoms with Gasteiger partial charge in [-0.3, -0.25) is 4.79 Å². The minimum atomic E-state index is -0.269. The number of carbonyl (C=O) groups excluding carboxylic acids is 1. The molecule has 1 aromatic rings. The predicted molar refractivity (Wildman–Crippen MR) is 63.9 cm³/mol. The number of rotatable bonds is 0. The molecule has 2 nitrogen and oxygen atoms in total. The Morgan fingerprint density at radius 1 is 1.20 bits per heavy atom. The van der Waals surface area contributed by atoms with Gasteiger partial charge in [-0.15, -0.1) is 0 Å². The lowest BCUT2D eigenvalue weighted by Crippen LogP contribution is -2.36. The molecule has 0 atom stereocenters. The molecule has 1 N–H and O–H groups in total. The van der Waals surface area contributed by atoms with Crippen molar-refractivity contribution in [2.45, 2.75) is 34.1 Å². The van der Waals surface area contributed by atoms with Crippen LogP contribution in [0.4, 0.5) is 5.69 Å². The minimum absolute atomic E-state index is 0.117. The molecule has 0 unspecified atom stereocenters. The van der Waals surface area contributed by atoms with Crippen LogP contribution in [0.3, 0.4) is 0 Å². The summed E-state index contributed by atoms with van der Waals surface area (Å²) in [5, 5.41) is 2.91. The minimum Gasteiger partial charge on any atom is -0.325 e. The van der Waals surface area contributed by atoms with Gasteiger partial charge in [-0.2, -0.15) is 0 Å². The molecule has 2 rings (SSSR count). The number of amides is 1. The van der Waals surface area contributed by atoms with Crippen molar-refractivity contribution >= 4 is 11.6 Å². The maximum absolute atomic E-state index is 11.6. The first-order valence-electron chi connectivity index (χ1n) is 5.49. The largest absolute Gasteiger partial charge is 0.325 e. The standard InChI is InChI=1S/C11H13NO.C2H6/c1-11(2)7-8-5-3-4-6-9(8)12-10(11)13;1-2/h3-6H,7H2,1-2H3,(H,12,13);1-2H3. The molecular formula is C13H19NO. The first-order chi connectivity index (χ1) is 7.09. The van der Waals surface area contributed by atoms with E-state index in [-0.39, 0.29) is 11.3 Å². The first-order valence-corrected chi connectivity index (χ1v) is 5.49. The number of nitrogens with one attached hydrogen (secondary N) is 1. The van der Waals surface area contributed by atoms with Gasteiger partial charge < -0.3 is 5.32 Å². The van der Waals surface area contributed by atoms with E-state index in [4.69, 9.17) is 0 Å². The van der Waals surface area contributed by atoms with E-state index in [1.54, 1.807) is 0 Å². The van der Waals surface area contributed by atoms with Gasteiger partial charge in [-0.1, -0.05) is 45.9 Å². The summed E-state index contributed by atoms with van der Waals surface area (Å²) in [5.74, 6) is 0.117. The Kier molecular flexibility index (Phi) is 3.51. The monoisotopic (exact) mass is 205 g/mol. The van der Waals surface area contributed by atoms with Crippen molar-refractivity contribution < 1.29 is 4.79 Å². The average molecular weight is 205 g/mol. The summed E-state index contributed by atoms with van der Waals surface area (Å²) >= 11 is 0. The summed E-state index contributed by atoms with van der Waals surface area (Å²) in [6.45, 7) is 7.94. The Bertz CT molecular complexity index is 355. The molecule has 1 amide bonds. The molecule has 0 aliphatic carbocycles. The number of hydrogen-bond donors (Lipinski definition) is 1. The van der Waals surface area contributed by atoms with Crippen LogP contribution in [0, 0.1) is 5.41 Å². The number of carbonyl (C=O) groups is 1. The summed E-state index contributed by atoms with van der Waals surface area (Å²) in [4.78, 5) is 11.6. The Balaban J connectivity index is 0.000000531. The van der Waals surface area contributed by atoms with Crippen LogP contribution in [0.2, 0.25) is 0 Å². The molecule has 1 aromatic carbocycles. The smallest absolute Gasteiger partial charge is 0.230 e. The van der Waals surface area contributed by atoms with Gasteiger partial charge in [0, 0.05) is 11.1 Å². The fraction of sp³-hybridized carbons (Fsp3) is 0.462. The second kappa shape index (κ2) is 4.47. The number of fused-ring (bicyclic) bond motifs is 1. The molecule has 1 aliphatic rings. The molecule has 1 heterocycles. The molecule has 0 saturated heterocycles. The number of benzene rings is 1. The van der Waals surface area contributed by atoms with Gasteiger partial charge >= 0.3 is 0 Å². The van der Waals surface area contributed by atoms with Crippen molar-refractivity contribution in [1.29, 1.82) is 0 Å². The van der Waals surface area contributed by atoms with E-state index in [1.807, 2.05) is 45.9 Å². The zero-order valence-electron chi connectivity index (χ0n) is 9.92. The van der Waals surface area contributed by atoms with E-state index < -0.39 is 0 Å². The molecule has 2 heteroatoms. The number of para-hydroxylation sites is 1.